The van der Waals surface area contributed by atoms with Crippen LogP contribution in [0.4, 0.5) is 5.69 Å². The van der Waals surface area contributed by atoms with Gasteiger partial charge >= 0.3 is 0 Å². The number of para-hydroxylation sites is 1. The van der Waals surface area contributed by atoms with E-state index in [1.165, 1.54) is 11.8 Å². The van der Waals surface area contributed by atoms with Crippen molar-refractivity contribution in [3.8, 4) is 22.9 Å². The first-order valence-corrected chi connectivity index (χ1v) is 10.3. The molecular formula is C19H16Cl2N4O2S. The molecule has 3 aromatic rings. The van der Waals surface area contributed by atoms with E-state index in [1.54, 1.807) is 19.2 Å². The molecule has 0 fully saturated rings. The highest BCUT2D eigenvalue weighted by atomic mass is 35.5. The molecule has 1 N–H and O–H groups in total. The molecule has 0 saturated heterocycles. The molecule has 0 aliphatic carbocycles. The first-order chi connectivity index (χ1) is 13.6. The summed E-state index contributed by atoms with van der Waals surface area (Å²) in [5.74, 6) is 1.69. The highest BCUT2D eigenvalue weighted by molar-refractivity contribution is 7.99. The number of benzene rings is 2. The number of thioether (sulfide) groups is 1. The molecule has 0 radical (unpaired) electrons. The number of nitrogens with one attached hydrogen (secondary N) is 1. The van der Waals surface area contributed by atoms with Gasteiger partial charge in [0.05, 0.1) is 17.7 Å². The molecule has 4 rings (SSSR count). The van der Waals surface area contributed by atoms with E-state index < -0.39 is 6.23 Å². The molecule has 1 aromatic heterocycles. The van der Waals surface area contributed by atoms with Crippen molar-refractivity contribution in [3.05, 3.63) is 52.0 Å². The summed E-state index contributed by atoms with van der Waals surface area (Å²) in [4.78, 5) is 4.56. The minimum atomic E-state index is -0.635. The van der Waals surface area contributed by atoms with Crippen molar-refractivity contribution in [3.63, 3.8) is 0 Å². The average molecular weight is 435 g/mol. The van der Waals surface area contributed by atoms with E-state index in [0.717, 1.165) is 17.0 Å². The van der Waals surface area contributed by atoms with E-state index in [0.29, 0.717) is 38.1 Å². The Morgan fingerprint density at radius 1 is 1.21 bits per heavy atom. The van der Waals surface area contributed by atoms with Crippen LogP contribution in [-0.4, -0.2) is 28.0 Å². The maximum absolute atomic E-state index is 6.33. The summed E-state index contributed by atoms with van der Waals surface area (Å²) in [6.07, 6.45) is -0.635. The molecule has 2 heterocycles. The van der Waals surface area contributed by atoms with Crippen LogP contribution in [-0.2, 0) is 0 Å². The first-order valence-electron chi connectivity index (χ1n) is 8.53. The number of halogens is 2. The number of nitrogens with zero attached hydrogens (tertiary/aromatic N) is 3. The Kier molecular flexibility index (Phi) is 5.48. The largest absolute Gasteiger partial charge is 0.495 e. The summed E-state index contributed by atoms with van der Waals surface area (Å²) in [6, 6.07) is 11.1. The monoisotopic (exact) mass is 434 g/mol. The minimum Gasteiger partial charge on any atom is -0.495 e. The van der Waals surface area contributed by atoms with Gasteiger partial charge < -0.3 is 14.8 Å². The number of rotatable bonds is 4. The Balaban J connectivity index is 1.88. The van der Waals surface area contributed by atoms with Crippen LogP contribution in [0.15, 0.2) is 41.6 Å². The van der Waals surface area contributed by atoms with Crippen LogP contribution < -0.4 is 14.8 Å². The number of ether oxygens (including phenoxy) is 2. The molecule has 9 heteroatoms. The van der Waals surface area contributed by atoms with Gasteiger partial charge in [0.15, 0.2) is 5.69 Å². The second-order valence-corrected chi connectivity index (χ2v) is 7.95. The number of anilines is 1. The van der Waals surface area contributed by atoms with Gasteiger partial charge in [-0.1, -0.05) is 60.1 Å². The molecule has 144 valence electrons. The second kappa shape index (κ2) is 8.03. The summed E-state index contributed by atoms with van der Waals surface area (Å²) in [6.45, 7) is 2.03. The summed E-state index contributed by atoms with van der Waals surface area (Å²) in [7, 11) is 1.55. The van der Waals surface area contributed by atoms with Gasteiger partial charge in [-0.2, -0.15) is 4.98 Å². The van der Waals surface area contributed by atoms with Gasteiger partial charge in [-0.15, -0.1) is 10.2 Å². The molecule has 1 aliphatic heterocycles. The van der Waals surface area contributed by atoms with Gasteiger partial charge in [-0.05, 0) is 24.0 Å². The van der Waals surface area contributed by atoms with Crippen molar-refractivity contribution in [2.45, 2.75) is 18.3 Å². The highest BCUT2D eigenvalue weighted by Crippen LogP contribution is 2.43. The van der Waals surface area contributed by atoms with E-state index in [9.17, 15) is 0 Å². The van der Waals surface area contributed by atoms with E-state index in [1.807, 2.05) is 31.2 Å². The van der Waals surface area contributed by atoms with Crippen molar-refractivity contribution in [1.82, 2.24) is 15.2 Å². The number of aromatic nitrogens is 3. The van der Waals surface area contributed by atoms with Crippen LogP contribution >= 0.6 is 35.0 Å². The zero-order valence-electron chi connectivity index (χ0n) is 15.1. The van der Waals surface area contributed by atoms with Crippen molar-refractivity contribution in [2.75, 3.05) is 18.2 Å². The molecule has 28 heavy (non-hydrogen) atoms. The Hall–Kier alpha value is -2.22. The van der Waals surface area contributed by atoms with Crippen molar-refractivity contribution in [2.24, 2.45) is 0 Å². The van der Waals surface area contributed by atoms with Crippen LogP contribution in [0.25, 0.3) is 11.3 Å². The summed E-state index contributed by atoms with van der Waals surface area (Å²) >= 11 is 14.1. The molecule has 1 atom stereocenters. The SMILES string of the molecule is CCSc1nnc2c(n1)O[C@H](c1cc(Cl)cc(Cl)c1OC)Nc1ccccc1-2. The quantitative estimate of drug-likeness (QED) is 0.545. The molecule has 2 aromatic carbocycles. The third-order valence-corrected chi connectivity index (χ3v) is 5.35. The molecular weight excluding hydrogens is 419 g/mol. The summed E-state index contributed by atoms with van der Waals surface area (Å²) in [5, 5.41) is 13.4. The van der Waals surface area contributed by atoms with Crippen molar-refractivity contribution >= 4 is 40.7 Å². The van der Waals surface area contributed by atoms with E-state index >= 15 is 0 Å². The average Bonchev–Trinajstić information content (AvgIpc) is 2.84. The second-order valence-electron chi connectivity index (χ2n) is 5.88. The van der Waals surface area contributed by atoms with Gasteiger partial charge in [0.1, 0.15) is 5.75 Å². The Bertz CT molecular complexity index is 1030. The Morgan fingerprint density at radius 2 is 2.04 bits per heavy atom. The number of methoxy groups -OCH3 is 1. The van der Waals surface area contributed by atoms with Gasteiger partial charge in [-0.3, -0.25) is 0 Å². The fraction of sp³-hybridized carbons (Fsp3) is 0.211. The fourth-order valence-corrected chi connectivity index (χ4v) is 4.06. The predicted octanol–water partition coefficient (Wildman–Crippen LogP) is 5.47. The van der Waals surface area contributed by atoms with Crippen LogP contribution in [0.2, 0.25) is 10.0 Å². The number of hydrogen-bond acceptors (Lipinski definition) is 7. The van der Waals surface area contributed by atoms with Gasteiger partial charge in [-0.25, -0.2) is 0 Å². The number of hydrogen-bond donors (Lipinski definition) is 1. The molecule has 0 bridgehead atoms. The van der Waals surface area contributed by atoms with Gasteiger partial charge in [0.2, 0.25) is 17.3 Å². The maximum atomic E-state index is 6.33. The van der Waals surface area contributed by atoms with Crippen molar-refractivity contribution in [1.29, 1.82) is 0 Å². The Morgan fingerprint density at radius 3 is 2.82 bits per heavy atom. The molecule has 0 spiro atoms. The van der Waals surface area contributed by atoms with Gasteiger partial charge in [0.25, 0.3) is 0 Å². The topological polar surface area (TPSA) is 69.2 Å². The molecule has 1 aliphatic rings. The third kappa shape index (κ3) is 3.57. The first kappa shape index (κ1) is 19.1. The smallest absolute Gasteiger partial charge is 0.247 e. The molecule has 0 unspecified atom stereocenters. The summed E-state index contributed by atoms with van der Waals surface area (Å²) < 4.78 is 11.7. The summed E-state index contributed by atoms with van der Waals surface area (Å²) in [5.41, 5.74) is 2.90. The van der Waals surface area contributed by atoms with Gasteiger partial charge in [0, 0.05) is 16.3 Å². The Labute approximate surface area is 176 Å². The number of fused-ring (bicyclic) bond motifs is 3. The lowest BCUT2D eigenvalue weighted by Gasteiger charge is -2.22. The lowest BCUT2D eigenvalue weighted by Crippen LogP contribution is -2.18. The zero-order valence-corrected chi connectivity index (χ0v) is 17.4. The van der Waals surface area contributed by atoms with E-state index in [4.69, 9.17) is 32.7 Å². The third-order valence-electron chi connectivity index (χ3n) is 4.13. The van der Waals surface area contributed by atoms with Crippen LogP contribution in [0.5, 0.6) is 11.6 Å². The predicted molar refractivity (Wildman–Crippen MR) is 112 cm³/mol. The standard InChI is InChI=1S/C19H16Cl2N4O2S/c1-3-28-19-23-18-15(24-25-19)11-6-4-5-7-14(11)22-17(27-18)12-8-10(20)9-13(21)16(12)26-2/h4-9,17,22H,3H2,1-2H3/t17-/m1/s1. The van der Waals surface area contributed by atoms with Crippen LogP contribution in [0.3, 0.4) is 0 Å². The maximum Gasteiger partial charge on any atom is 0.247 e. The fourth-order valence-electron chi connectivity index (χ4n) is 2.97. The normalized spacial score (nSPS) is 14.9. The minimum absolute atomic E-state index is 0.381. The van der Waals surface area contributed by atoms with Crippen LogP contribution in [0.1, 0.15) is 18.7 Å². The van der Waals surface area contributed by atoms with E-state index in [-0.39, 0.29) is 0 Å². The molecule has 6 nitrogen and oxygen atoms in total. The molecule has 0 amide bonds. The van der Waals surface area contributed by atoms with Crippen molar-refractivity contribution < 1.29 is 9.47 Å². The molecule has 0 saturated carbocycles. The zero-order chi connectivity index (χ0) is 19.7. The van der Waals surface area contributed by atoms with Crippen LogP contribution in [0, 0.1) is 0 Å². The van der Waals surface area contributed by atoms with E-state index in [2.05, 4.69) is 20.5 Å². The lowest BCUT2D eigenvalue weighted by atomic mass is 10.1. The lowest BCUT2D eigenvalue weighted by molar-refractivity contribution is 0.220. The highest BCUT2D eigenvalue weighted by Gasteiger charge is 2.29.